The van der Waals surface area contributed by atoms with E-state index in [-0.39, 0.29) is 9.77 Å². The van der Waals surface area contributed by atoms with E-state index in [0.717, 1.165) is 11.3 Å². The van der Waals surface area contributed by atoms with E-state index in [1.165, 1.54) is 18.2 Å². The second kappa shape index (κ2) is 5.03. The lowest BCUT2D eigenvalue weighted by Gasteiger charge is -2.09. The average molecular weight is 300 g/mol. The molecule has 0 atom stereocenters. The van der Waals surface area contributed by atoms with Gasteiger partial charge in [-0.05, 0) is 18.2 Å². The Hall–Kier alpha value is -1.84. The summed E-state index contributed by atoms with van der Waals surface area (Å²) in [5.41, 5.74) is 7.26. The van der Waals surface area contributed by atoms with Crippen LogP contribution in [0.1, 0.15) is 5.69 Å². The predicted molar refractivity (Wildman–Crippen MR) is 74.5 cm³/mol. The van der Waals surface area contributed by atoms with Crippen molar-refractivity contribution in [3.63, 3.8) is 0 Å². The lowest BCUT2D eigenvalue weighted by atomic mass is 10.2. The quantitative estimate of drug-likeness (QED) is 0.602. The second-order valence-corrected chi connectivity index (χ2v) is 6.22. The number of hydrogen-bond donors (Lipinski definition) is 4. The molecule has 2 aromatic rings. The molecule has 0 unspecified atom stereocenters. The molecule has 0 saturated heterocycles. The third-order valence-electron chi connectivity index (χ3n) is 2.39. The van der Waals surface area contributed by atoms with E-state index >= 15 is 0 Å². The fourth-order valence-corrected chi connectivity index (χ4v) is 2.58. The van der Waals surface area contributed by atoms with Crippen LogP contribution in [0.5, 0.6) is 0 Å². The standard InChI is InChI=1S/C10H12N4O3S2/c11-8-2-1-7(19(12,16)17)3-9(8)13-4-6-5-18-10(15)14-6/h1-3,5,13H,4,11H2,(H,14,15)(H2,12,16,17). The largest absolute Gasteiger partial charge is 0.397 e. The number of benzene rings is 1. The maximum Gasteiger partial charge on any atom is 0.304 e. The molecule has 0 bridgehead atoms. The molecule has 0 radical (unpaired) electrons. The highest BCUT2D eigenvalue weighted by Crippen LogP contribution is 2.22. The van der Waals surface area contributed by atoms with Gasteiger partial charge in [0.25, 0.3) is 0 Å². The smallest absolute Gasteiger partial charge is 0.304 e. The summed E-state index contributed by atoms with van der Waals surface area (Å²) in [6.07, 6.45) is 0. The minimum Gasteiger partial charge on any atom is -0.397 e. The molecule has 0 fully saturated rings. The molecule has 1 aromatic carbocycles. The minimum absolute atomic E-state index is 0.0250. The van der Waals surface area contributed by atoms with Crippen LogP contribution < -0.4 is 21.1 Å². The topological polar surface area (TPSA) is 131 Å². The first-order chi connectivity index (χ1) is 8.86. The molecular formula is C10H12N4O3S2. The molecule has 0 aliphatic rings. The van der Waals surface area contributed by atoms with E-state index in [9.17, 15) is 13.2 Å². The molecule has 0 aliphatic heterocycles. The number of anilines is 2. The monoisotopic (exact) mass is 300 g/mol. The van der Waals surface area contributed by atoms with Crippen LogP contribution in [0.4, 0.5) is 11.4 Å². The summed E-state index contributed by atoms with van der Waals surface area (Å²) in [7, 11) is -3.77. The van der Waals surface area contributed by atoms with Gasteiger partial charge >= 0.3 is 4.87 Å². The van der Waals surface area contributed by atoms with E-state index in [2.05, 4.69) is 10.3 Å². The van der Waals surface area contributed by atoms with E-state index < -0.39 is 10.0 Å². The first kappa shape index (κ1) is 13.6. The van der Waals surface area contributed by atoms with Gasteiger partial charge in [-0.1, -0.05) is 11.3 Å². The van der Waals surface area contributed by atoms with Crippen molar-refractivity contribution in [2.45, 2.75) is 11.4 Å². The summed E-state index contributed by atoms with van der Waals surface area (Å²) in [6, 6.07) is 4.15. The summed E-state index contributed by atoms with van der Waals surface area (Å²) in [4.78, 5) is 13.4. The van der Waals surface area contributed by atoms with Crippen molar-refractivity contribution in [3.05, 3.63) is 38.9 Å². The number of hydrogen-bond acceptors (Lipinski definition) is 6. The lowest BCUT2D eigenvalue weighted by Crippen LogP contribution is -2.13. The molecule has 102 valence electrons. The number of primary sulfonamides is 1. The maximum absolute atomic E-state index is 11.2. The van der Waals surface area contributed by atoms with Gasteiger partial charge in [0.1, 0.15) is 0 Å². The number of H-pyrrole nitrogens is 1. The van der Waals surface area contributed by atoms with Crippen molar-refractivity contribution >= 4 is 32.7 Å². The molecule has 0 spiro atoms. The zero-order chi connectivity index (χ0) is 14.0. The van der Waals surface area contributed by atoms with Crippen molar-refractivity contribution in [2.24, 2.45) is 5.14 Å². The van der Waals surface area contributed by atoms with Crippen LogP contribution in [-0.4, -0.2) is 13.4 Å². The zero-order valence-corrected chi connectivity index (χ0v) is 11.3. The highest BCUT2D eigenvalue weighted by Gasteiger charge is 2.10. The minimum atomic E-state index is -3.77. The normalized spacial score (nSPS) is 11.4. The number of sulfonamides is 1. The number of thiazole rings is 1. The van der Waals surface area contributed by atoms with E-state index in [1.807, 2.05) is 0 Å². The summed E-state index contributed by atoms with van der Waals surface area (Å²) >= 11 is 1.05. The second-order valence-electron chi connectivity index (χ2n) is 3.82. The van der Waals surface area contributed by atoms with Crippen molar-refractivity contribution in [2.75, 3.05) is 11.1 Å². The Balaban J connectivity index is 2.22. The molecular weight excluding hydrogens is 288 g/mol. The van der Waals surface area contributed by atoms with E-state index in [4.69, 9.17) is 10.9 Å². The van der Waals surface area contributed by atoms with Gasteiger partial charge in [0.15, 0.2) is 0 Å². The Labute approximate surface area is 113 Å². The summed E-state index contributed by atoms with van der Waals surface area (Å²) in [6.45, 7) is 0.330. The molecule has 7 nitrogen and oxygen atoms in total. The van der Waals surface area contributed by atoms with Crippen LogP contribution in [0.15, 0.2) is 33.3 Å². The SMILES string of the molecule is Nc1ccc(S(N)(=O)=O)cc1NCc1csc(=O)[nH]1. The third kappa shape index (κ3) is 3.34. The van der Waals surface area contributed by atoms with Gasteiger partial charge in [-0.15, -0.1) is 0 Å². The van der Waals surface area contributed by atoms with Crippen molar-refractivity contribution < 1.29 is 8.42 Å². The van der Waals surface area contributed by atoms with Crippen LogP contribution in [0.2, 0.25) is 0 Å². The van der Waals surface area contributed by atoms with E-state index in [1.54, 1.807) is 5.38 Å². The zero-order valence-electron chi connectivity index (χ0n) is 9.71. The van der Waals surface area contributed by atoms with Gasteiger partial charge in [0.05, 0.1) is 22.8 Å². The molecule has 19 heavy (non-hydrogen) atoms. The number of nitrogens with two attached hydrogens (primary N) is 2. The average Bonchev–Trinajstić information content (AvgIpc) is 2.72. The predicted octanol–water partition coefficient (Wildman–Crippen LogP) is 0.278. The fraction of sp³-hybridized carbons (Fsp3) is 0.100. The van der Waals surface area contributed by atoms with Crippen molar-refractivity contribution in [1.82, 2.24) is 4.98 Å². The number of rotatable bonds is 4. The number of aromatic amines is 1. The van der Waals surface area contributed by atoms with Gasteiger partial charge in [0.2, 0.25) is 10.0 Å². The molecule has 0 amide bonds. The Morgan fingerprint density at radius 1 is 1.37 bits per heavy atom. The molecule has 1 heterocycles. The van der Waals surface area contributed by atoms with Gasteiger partial charge < -0.3 is 16.0 Å². The molecule has 2 rings (SSSR count). The first-order valence-corrected chi connectivity index (χ1v) is 7.62. The molecule has 0 aliphatic carbocycles. The van der Waals surface area contributed by atoms with Crippen molar-refractivity contribution in [1.29, 1.82) is 0 Å². The van der Waals surface area contributed by atoms with Gasteiger partial charge in [-0.3, -0.25) is 4.79 Å². The molecule has 9 heteroatoms. The van der Waals surface area contributed by atoms with Crippen LogP contribution in [0.3, 0.4) is 0 Å². The number of nitrogen functional groups attached to an aromatic ring is 1. The Morgan fingerprint density at radius 3 is 2.68 bits per heavy atom. The fourth-order valence-electron chi connectivity index (χ4n) is 1.46. The van der Waals surface area contributed by atoms with Gasteiger partial charge in [0, 0.05) is 11.1 Å². The van der Waals surface area contributed by atoms with Crippen LogP contribution >= 0.6 is 11.3 Å². The Bertz CT molecular complexity index is 748. The summed E-state index contributed by atoms with van der Waals surface area (Å²) in [5, 5.41) is 9.67. The molecule has 1 aromatic heterocycles. The van der Waals surface area contributed by atoms with Gasteiger partial charge in [-0.2, -0.15) is 0 Å². The Morgan fingerprint density at radius 2 is 2.11 bits per heavy atom. The molecule has 6 N–H and O–H groups in total. The van der Waals surface area contributed by atoms with Gasteiger partial charge in [-0.25, -0.2) is 13.6 Å². The maximum atomic E-state index is 11.2. The highest BCUT2D eigenvalue weighted by molar-refractivity contribution is 7.89. The van der Waals surface area contributed by atoms with Crippen LogP contribution in [0.25, 0.3) is 0 Å². The van der Waals surface area contributed by atoms with Crippen molar-refractivity contribution in [3.8, 4) is 0 Å². The summed E-state index contributed by atoms with van der Waals surface area (Å²) in [5.74, 6) is 0. The first-order valence-electron chi connectivity index (χ1n) is 5.19. The third-order valence-corrected chi connectivity index (χ3v) is 4.02. The van der Waals surface area contributed by atoms with E-state index in [0.29, 0.717) is 23.6 Å². The summed E-state index contributed by atoms with van der Waals surface area (Å²) < 4.78 is 22.5. The number of nitrogens with one attached hydrogen (secondary N) is 2. The van der Waals surface area contributed by atoms with Crippen LogP contribution in [0, 0.1) is 0 Å². The number of aromatic nitrogens is 1. The molecule has 0 saturated carbocycles. The lowest BCUT2D eigenvalue weighted by molar-refractivity contribution is 0.598. The Kier molecular flexibility index (Phi) is 3.60. The highest BCUT2D eigenvalue weighted by atomic mass is 32.2. The van der Waals surface area contributed by atoms with Crippen LogP contribution in [-0.2, 0) is 16.6 Å².